The number of furan rings is 1. The molecule has 2 heteroatoms. The van der Waals surface area contributed by atoms with E-state index < -0.39 is 0 Å². The van der Waals surface area contributed by atoms with E-state index in [-0.39, 0.29) is 11.5 Å². The molecule has 9 rings (SSSR count). The molecule has 0 bridgehead atoms. The van der Waals surface area contributed by atoms with E-state index in [1.807, 2.05) is 6.07 Å². The maximum absolute atomic E-state index is 6.56. The normalized spacial score (nSPS) is 18.2. The van der Waals surface area contributed by atoms with Crippen molar-refractivity contribution in [1.82, 2.24) is 0 Å². The molecule has 0 saturated heterocycles. The predicted octanol–water partition coefficient (Wildman–Crippen LogP) is 11.5. The molecular weight excluding hydrogens is 558 g/mol. The molecule has 0 radical (unpaired) electrons. The molecule has 6 aromatic rings. The second-order valence-corrected chi connectivity index (χ2v) is 13.4. The number of para-hydroxylation sites is 1. The number of nitrogens with zero attached hydrogens (tertiary/aromatic N) is 1. The van der Waals surface area contributed by atoms with E-state index in [4.69, 9.17) is 9.41 Å². The van der Waals surface area contributed by atoms with Gasteiger partial charge in [-0.05, 0) is 88.1 Å². The minimum absolute atomic E-state index is 0.106. The average molecular weight is 594 g/mol. The van der Waals surface area contributed by atoms with Gasteiger partial charge in [0.1, 0.15) is 11.2 Å². The summed E-state index contributed by atoms with van der Waals surface area (Å²) in [5.41, 5.74) is 15.5. The maximum atomic E-state index is 6.56. The fourth-order valence-corrected chi connectivity index (χ4v) is 7.82. The Hall–Kier alpha value is -5.21. The van der Waals surface area contributed by atoms with Gasteiger partial charge in [-0.15, -0.1) is 0 Å². The first-order chi connectivity index (χ1) is 22.5. The minimum Gasteiger partial charge on any atom is -0.455 e. The predicted molar refractivity (Wildman–Crippen MR) is 193 cm³/mol. The topological polar surface area (TPSA) is 25.5 Å². The van der Waals surface area contributed by atoms with Crippen LogP contribution in [0.15, 0.2) is 148 Å². The van der Waals surface area contributed by atoms with Crippen LogP contribution in [0.1, 0.15) is 55.4 Å². The molecule has 2 heterocycles. The van der Waals surface area contributed by atoms with E-state index in [2.05, 4.69) is 141 Å². The zero-order valence-corrected chi connectivity index (χ0v) is 26.3. The smallest absolute Gasteiger partial charge is 0.143 e. The van der Waals surface area contributed by atoms with Crippen LogP contribution in [0.3, 0.4) is 0 Å². The molecular formula is C44H35NO. The molecule has 2 aliphatic carbocycles. The third-order valence-corrected chi connectivity index (χ3v) is 10.2. The van der Waals surface area contributed by atoms with Gasteiger partial charge in [-0.3, -0.25) is 4.99 Å². The van der Waals surface area contributed by atoms with Gasteiger partial charge in [0, 0.05) is 27.3 Å². The number of dihydropyridines is 1. The Bertz CT molecular complexity index is 2310. The van der Waals surface area contributed by atoms with Crippen molar-refractivity contribution in [2.24, 2.45) is 4.99 Å². The van der Waals surface area contributed by atoms with Crippen molar-refractivity contribution in [2.75, 3.05) is 0 Å². The Balaban J connectivity index is 1.16. The summed E-state index contributed by atoms with van der Waals surface area (Å²) in [6.07, 6.45) is 12.4. The Labute approximate surface area is 270 Å². The summed E-state index contributed by atoms with van der Waals surface area (Å²) in [5, 5.41) is 2.35. The highest BCUT2D eigenvalue weighted by Crippen LogP contribution is 2.53. The molecule has 3 aliphatic rings. The van der Waals surface area contributed by atoms with Gasteiger partial charge < -0.3 is 4.42 Å². The van der Waals surface area contributed by atoms with Gasteiger partial charge in [-0.25, -0.2) is 0 Å². The fourth-order valence-electron chi connectivity index (χ4n) is 7.82. The van der Waals surface area contributed by atoms with Crippen molar-refractivity contribution < 1.29 is 4.42 Å². The lowest BCUT2D eigenvalue weighted by atomic mass is 9.82. The first-order valence-electron chi connectivity index (χ1n) is 16.5. The Morgan fingerprint density at radius 1 is 0.696 bits per heavy atom. The first kappa shape index (κ1) is 27.1. The van der Waals surface area contributed by atoms with Crippen molar-refractivity contribution >= 4 is 33.2 Å². The molecule has 0 spiro atoms. The van der Waals surface area contributed by atoms with E-state index in [9.17, 15) is 0 Å². The van der Waals surface area contributed by atoms with Crippen LogP contribution < -0.4 is 0 Å². The van der Waals surface area contributed by atoms with E-state index in [0.717, 1.165) is 41.7 Å². The Kier molecular flexibility index (Phi) is 6.15. The number of aliphatic imine (C=N–C) groups is 1. The second kappa shape index (κ2) is 10.4. The standard InChI is InChI=1S/C44H35NO/c1-44(2)37-22-20-31(25-36(37)42-38(44)23-21-35-34-18-9-10-19-41(34)46-43(35)42)30-16-11-17-32(24-30)40-27-33(28-12-5-3-6-13-28)26-39(45-40)29-14-7-4-8-15-29/h3,5-7,9-25,27,39H,4,8,26H2,1-2H3. The van der Waals surface area contributed by atoms with Crippen molar-refractivity contribution in [3.63, 3.8) is 0 Å². The second-order valence-electron chi connectivity index (χ2n) is 13.4. The third-order valence-electron chi connectivity index (χ3n) is 10.2. The molecule has 46 heavy (non-hydrogen) atoms. The van der Waals surface area contributed by atoms with Gasteiger partial charge in [-0.1, -0.05) is 123 Å². The Morgan fingerprint density at radius 2 is 1.48 bits per heavy atom. The van der Waals surface area contributed by atoms with Crippen LogP contribution in [0.5, 0.6) is 0 Å². The highest BCUT2D eigenvalue weighted by Gasteiger charge is 2.38. The van der Waals surface area contributed by atoms with Gasteiger partial charge in [0.05, 0.1) is 11.8 Å². The molecule has 0 fully saturated rings. The lowest BCUT2D eigenvalue weighted by Crippen LogP contribution is -2.17. The van der Waals surface area contributed by atoms with Gasteiger partial charge in [-0.2, -0.15) is 0 Å². The zero-order valence-electron chi connectivity index (χ0n) is 26.3. The lowest BCUT2D eigenvalue weighted by Gasteiger charge is -2.24. The highest BCUT2D eigenvalue weighted by atomic mass is 16.3. The number of hydrogen-bond acceptors (Lipinski definition) is 2. The average Bonchev–Trinajstić information content (AvgIpc) is 3.61. The molecule has 1 aromatic heterocycles. The fraction of sp³-hybridized carbons (Fsp3) is 0.159. The largest absolute Gasteiger partial charge is 0.455 e. The van der Waals surface area contributed by atoms with Gasteiger partial charge in [0.15, 0.2) is 0 Å². The summed E-state index contributed by atoms with van der Waals surface area (Å²) in [6.45, 7) is 4.66. The molecule has 0 N–H and O–H groups in total. The number of benzene rings is 5. The van der Waals surface area contributed by atoms with Gasteiger partial charge in [0.2, 0.25) is 0 Å². The minimum atomic E-state index is -0.106. The van der Waals surface area contributed by atoms with Crippen molar-refractivity contribution in [1.29, 1.82) is 0 Å². The van der Waals surface area contributed by atoms with Crippen LogP contribution in [0.4, 0.5) is 0 Å². The monoisotopic (exact) mass is 593 g/mol. The van der Waals surface area contributed by atoms with Crippen LogP contribution in [0, 0.1) is 0 Å². The molecule has 0 saturated carbocycles. The highest BCUT2D eigenvalue weighted by molar-refractivity contribution is 6.14. The summed E-state index contributed by atoms with van der Waals surface area (Å²) in [5.74, 6) is 0. The number of fused-ring (bicyclic) bond motifs is 7. The molecule has 1 atom stereocenters. The lowest BCUT2D eigenvalue weighted by molar-refractivity contribution is 0.653. The zero-order chi connectivity index (χ0) is 30.8. The summed E-state index contributed by atoms with van der Waals surface area (Å²) in [4.78, 5) is 5.36. The summed E-state index contributed by atoms with van der Waals surface area (Å²) >= 11 is 0. The van der Waals surface area contributed by atoms with E-state index in [1.54, 1.807) is 0 Å². The first-order valence-corrected chi connectivity index (χ1v) is 16.5. The molecule has 2 nitrogen and oxygen atoms in total. The number of rotatable bonds is 4. The van der Waals surface area contributed by atoms with E-state index in [1.165, 1.54) is 60.9 Å². The maximum Gasteiger partial charge on any atom is 0.143 e. The Morgan fingerprint density at radius 3 is 2.35 bits per heavy atom. The molecule has 1 aliphatic heterocycles. The summed E-state index contributed by atoms with van der Waals surface area (Å²) < 4.78 is 6.56. The summed E-state index contributed by atoms with van der Waals surface area (Å²) in [7, 11) is 0. The van der Waals surface area contributed by atoms with E-state index >= 15 is 0 Å². The van der Waals surface area contributed by atoms with Gasteiger partial charge >= 0.3 is 0 Å². The van der Waals surface area contributed by atoms with Crippen LogP contribution in [0.2, 0.25) is 0 Å². The van der Waals surface area contributed by atoms with Gasteiger partial charge in [0.25, 0.3) is 0 Å². The van der Waals surface area contributed by atoms with Crippen molar-refractivity contribution in [3.8, 4) is 22.3 Å². The van der Waals surface area contributed by atoms with Crippen LogP contribution >= 0.6 is 0 Å². The van der Waals surface area contributed by atoms with Crippen molar-refractivity contribution in [3.05, 3.63) is 161 Å². The van der Waals surface area contributed by atoms with Crippen LogP contribution in [-0.4, -0.2) is 11.8 Å². The number of allylic oxidation sites excluding steroid dienone is 3. The summed E-state index contributed by atoms with van der Waals surface area (Å²) in [6, 6.07) is 39.7. The van der Waals surface area contributed by atoms with Crippen LogP contribution in [0.25, 0.3) is 49.8 Å². The molecule has 5 aromatic carbocycles. The SMILES string of the molecule is CC1(C)c2ccc(-c3cccc(C4=NC(C5=CCCC=C5)CC(c5ccccc5)=C4)c3)cc2-c2c1ccc1c2oc2ccccc21. The van der Waals surface area contributed by atoms with Crippen molar-refractivity contribution in [2.45, 2.75) is 44.6 Å². The van der Waals surface area contributed by atoms with E-state index in [0.29, 0.717) is 0 Å². The molecule has 0 amide bonds. The molecule has 222 valence electrons. The molecule has 1 unspecified atom stereocenters. The number of hydrogen-bond donors (Lipinski definition) is 0. The quantitative estimate of drug-likeness (QED) is 0.200. The van der Waals surface area contributed by atoms with Crippen LogP contribution in [-0.2, 0) is 5.41 Å². The third kappa shape index (κ3) is 4.28.